The van der Waals surface area contributed by atoms with E-state index in [0.717, 1.165) is 0 Å². The number of morpholine rings is 1. The van der Waals surface area contributed by atoms with E-state index in [1.165, 1.54) is 4.90 Å². The summed E-state index contributed by atoms with van der Waals surface area (Å²) < 4.78 is 38.1. The van der Waals surface area contributed by atoms with E-state index in [9.17, 15) is 13.6 Å². The lowest BCUT2D eigenvalue weighted by Gasteiger charge is -2.31. The van der Waals surface area contributed by atoms with Crippen LogP contribution >= 0.6 is 0 Å². The molecule has 0 N–H and O–H groups in total. The van der Waals surface area contributed by atoms with E-state index in [0.29, 0.717) is 26.3 Å². The Hall–Kier alpha value is -0.950. The van der Waals surface area contributed by atoms with E-state index in [2.05, 4.69) is 0 Å². The van der Waals surface area contributed by atoms with E-state index < -0.39 is 18.1 Å². The van der Waals surface area contributed by atoms with Crippen LogP contribution in [0, 0.1) is 0 Å². The predicted octanol–water partition coefficient (Wildman–Crippen LogP) is 1.57. The van der Waals surface area contributed by atoms with Gasteiger partial charge in [0.2, 0.25) is 0 Å². The molecular weight excluding hydrogens is 270 g/mol. The van der Waals surface area contributed by atoms with Crippen molar-refractivity contribution >= 4 is 6.09 Å². The number of hydrogen-bond acceptors (Lipinski definition) is 4. The van der Waals surface area contributed by atoms with Gasteiger partial charge in [-0.3, -0.25) is 4.90 Å². The molecule has 2 fully saturated rings. The van der Waals surface area contributed by atoms with Crippen LogP contribution in [0.25, 0.3) is 0 Å². The highest BCUT2D eigenvalue weighted by molar-refractivity contribution is 5.68. The predicted molar refractivity (Wildman–Crippen MR) is 68.9 cm³/mol. The fourth-order valence-electron chi connectivity index (χ4n) is 2.33. The van der Waals surface area contributed by atoms with Gasteiger partial charge in [-0.2, -0.15) is 0 Å². The molecular formula is C13H22F2N2O3. The van der Waals surface area contributed by atoms with Gasteiger partial charge in [-0.05, 0) is 20.8 Å². The Morgan fingerprint density at radius 1 is 1.30 bits per heavy atom. The highest BCUT2D eigenvalue weighted by atomic mass is 19.3. The van der Waals surface area contributed by atoms with Crippen molar-refractivity contribution in [3.63, 3.8) is 0 Å². The third-order valence-corrected chi connectivity index (χ3v) is 3.72. The van der Waals surface area contributed by atoms with E-state index >= 15 is 0 Å². The van der Waals surface area contributed by atoms with Crippen molar-refractivity contribution in [3.05, 3.63) is 0 Å². The summed E-state index contributed by atoms with van der Waals surface area (Å²) in [7, 11) is 0. The number of amides is 1. The molecule has 7 heteroatoms. The molecule has 2 aliphatic heterocycles. The standard InChI is InChI=1S/C13H22F2N2O3/c1-12(2,3)17-8-10(13(14,15)9-17)20-11(18)16-4-6-19-7-5-16/h10H,4-9H2,1-3H3. The topological polar surface area (TPSA) is 42.0 Å². The van der Waals surface area contributed by atoms with Gasteiger partial charge < -0.3 is 14.4 Å². The van der Waals surface area contributed by atoms with Crippen LogP contribution in [0.15, 0.2) is 0 Å². The van der Waals surface area contributed by atoms with Crippen LogP contribution in [0.2, 0.25) is 0 Å². The van der Waals surface area contributed by atoms with Crippen molar-refractivity contribution in [2.75, 3.05) is 39.4 Å². The molecule has 5 nitrogen and oxygen atoms in total. The largest absolute Gasteiger partial charge is 0.438 e. The molecule has 0 bridgehead atoms. The number of nitrogens with zero attached hydrogens (tertiary/aromatic N) is 2. The zero-order valence-electron chi connectivity index (χ0n) is 12.2. The van der Waals surface area contributed by atoms with Crippen LogP contribution in [0.1, 0.15) is 20.8 Å². The molecule has 0 aromatic rings. The molecule has 1 atom stereocenters. The normalized spacial score (nSPS) is 27.6. The number of alkyl halides is 2. The lowest BCUT2D eigenvalue weighted by molar-refractivity contribution is -0.0881. The maximum Gasteiger partial charge on any atom is 0.410 e. The Kier molecular flexibility index (Phi) is 4.20. The molecule has 1 unspecified atom stereocenters. The van der Waals surface area contributed by atoms with Gasteiger partial charge >= 0.3 is 6.09 Å². The van der Waals surface area contributed by atoms with Crippen LogP contribution in [-0.4, -0.2) is 72.9 Å². The molecule has 0 aliphatic carbocycles. The van der Waals surface area contributed by atoms with Crippen molar-refractivity contribution in [2.24, 2.45) is 0 Å². The first kappa shape index (κ1) is 15.4. The maximum absolute atomic E-state index is 14.0. The Balaban J connectivity index is 1.96. The summed E-state index contributed by atoms with van der Waals surface area (Å²) >= 11 is 0. The Labute approximate surface area is 117 Å². The summed E-state index contributed by atoms with van der Waals surface area (Å²) in [6.07, 6.45) is -2.05. The van der Waals surface area contributed by atoms with Gasteiger partial charge in [0.1, 0.15) is 0 Å². The Bertz CT molecular complexity index is 365. The second-order valence-corrected chi connectivity index (χ2v) is 6.28. The lowest BCUT2D eigenvalue weighted by atomic mass is 10.1. The van der Waals surface area contributed by atoms with Gasteiger partial charge in [0.25, 0.3) is 5.92 Å². The summed E-state index contributed by atoms with van der Waals surface area (Å²) in [6, 6.07) is 0. The van der Waals surface area contributed by atoms with E-state index in [-0.39, 0.29) is 18.6 Å². The minimum atomic E-state index is -3.00. The fourth-order valence-corrected chi connectivity index (χ4v) is 2.33. The Morgan fingerprint density at radius 2 is 1.90 bits per heavy atom. The maximum atomic E-state index is 14.0. The van der Waals surface area contributed by atoms with Gasteiger partial charge in [-0.1, -0.05) is 0 Å². The molecule has 0 aromatic carbocycles. The highest BCUT2D eigenvalue weighted by Crippen LogP contribution is 2.34. The van der Waals surface area contributed by atoms with Crippen molar-refractivity contribution in [3.8, 4) is 0 Å². The molecule has 0 saturated carbocycles. The average Bonchev–Trinajstić information content (AvgIpc) is 2.66. The van der Waals surface area contributed by atoms with Gasteiger partial charge in [0, 0.05) is 25.2 Å². The zero-order chi connectivity index (χ0) is 15.0. The molecule has 116 valence electrons. The molecule has 2 rings (SSSR count). The van der Waals surface area contributed by atoms with E-state index in [4.69, 9.17) is 9.47 Å². The minimum Gasteiger partial charge on any atom is -0.438 e. The molecule has 2 saturated heterocycles. The molecule has 2 aliphatic rings. The second kappa shape index (κ2) is 5.44. The molecule has 1 amide bonds. The number of halogens is 2. The highest BCUT2D eigenvalue weighted by Gasteiger charge is 2.53. The van der Waals surface area contributed by atoms with Gasteiger partial charge in [-0.15, -0.1) is 0 Å². The SMILES string of the molecule is CC(C)(C)N1CC(OC(=O)N2CCOCC2)C(F)(F)C1. The summed E-state index contributed by atoms with van der Waals surface area (Å²) in [5, 5.41) is 0. The second-order valence-electron chi connectivity index (χ2n) is 6.28. The summed E-state index contributed by atoms with van der Waals surface area (Å²) in [4.78, 5) is 15.0. The quantitative estimate of drug-likeness (QED) is 0.736. The first-order chi connectivity index (χ1) is 9.20. The first-order valence-corrected chi connectivity index (χ1v) is 6.86. The molecule has 20 heavy (non-hydrogen) atoms. The summed E-state index contributed by atoms with van der Waals surface area (Å²) in [5.74, 6) is -3.00. The van der Waals surface area contributed by atoms with Crippen LogP contribution in [0.3, 0.4) is 0 Å². The van der Waals surface area contributed by atoms with Crippen molar-refractivity contribution in [1.82, 2.24) is 9.80 Å². The average molecular weight is 292 g/mol. The summed E-state index contributed by atoms with van der Waals surface area (Å²) in [5.41, 5.74) is -0.371. The monoisotopic (exact) mass is 292 g/mol. The lowest BCUT2D eigenvalue weighted by Crippen LogP contribution is -2.45. The van der Waals surface area contributed by atoms with Crippen molar-refractivity contribution < 1.29 is 23.0 Å². The number of hydrogen-bond donors (Lipinski definition) is 0. The third-order valence-electron chi connectivity index (χ3n) is 3.72. The van der Waals surface area contributed by atoms with Crippen LogP contribution in [0.5, 0.6) is 0 Å². The third kappa shape index (κ3) is 3.38. The first-order valence-electron chi connectivity index (χ1n) is 6.86. The van der Waals surface area contributed by atoms with E-state index in [1.54, 1.807) is 4.90 Å². The van der Waals surface area contributed by atoms with Gasteiger partial charge in [0.05, 0.1) is 19.8 Å². The molecule has 0 spiro atoms. The number of carbonyl (C=O) groups excluding carboxylic acids is 1. The summed E-state index contributed by atoms with van der Waals surface area (Å²) in [6.45, 7) is 6.92. The molecule has 0 aromatic heterocycles. The van der Waals surface area contributed by atoms with Crippen molar-refractivity contribution in [2.45, 2.75) is 38.3 Å². The Morgan fingerprint density at radius 3 is 2.40 bits per heavy atom. The number of carbonyl (C=O) groups is 1. The molecule has 2 heterocycles. The van der Waals surface area contributed by atoms with E-state index in [1.807, 2.05) is 20.8 Å². The van der Waals surface area contributed by atoms with Gasteiger partial charge in [0.15, 0.2) is 6.10 Å². The van der Waals surface area contributed by atoms with Crippen molar-refractivity contribution in [1.29, 1.82) is 0 Å². The fraction of sp³-hybridized carbons (Fsp3) is 0.923. The number of ether oxygens (including phenoxy) is 2. The molecule has 0 radical (unpaired) electrons. The minimum absolute atomic E-state index is 0.0621. The van der Waals surface area contributed by atoms with Gasteiger partial charge in [-0.25, -0.2) is 13.6 Å². The number of likely N-dealkylation sites (tertiary alicyclic amines) is 1. The van der Waals surface area contributed by atoms with Crippen LogP contribution < -0.4 is 0 Å². The number of rotatable bonds is 1. The van der Waals surface area contributed by atoms with Crippen LogP contribution in [0.4, 0.5) is 13.6 Å². The zero-order valence-corrected chi connectivity index (χ0v) is 12.2. The van der Waals surface area contributed by atoms with Crippen LogP contribution in [-0.2, 0) is 9.47 Å². The smallest absolute Gasteiger partial charge is 0.410 e.